The van der Waals surface area contributed by atoms with E-state index in [9.17, 15) is 92.2 Å². The molecule has 87 heavy (non-hydrogen) atoms. The number of fused-ring (bicyclic) bond motifs is 6. The molecule has 1 saturated heterocycles. The molecule has 5 aromatic rings. The molecule has 462 valence electrons. The first-order valence-corrected chi connectivity index (χ1v) is 35.3. The molecule has 3 aliphatic heterocycles. The van der Waals surface area contributed by atoms with Gasteiger partial charge in [-0.1, -0.05) is 44.2 Å². The first-order chi connectivity index (χ1) is 39.6. The predicted octanol–water partition coefficient (Wildman–Crippen LogP) is 3.95. The molecule has 8 rings (SSSR count). The summed E-state index contributed by atoms with van der Waals surface area (Å²) in [6, 6.07) is 16.0. The Morgan fingerprint density at radius 3 is 1.71 bits per heavy atom. The number of aryl methyl sites for hydroxylation is 1. The number of allylic oxidation sites excluding steroid dienone is 6. The van der Waals surface area contributed by atoms with E-state index in [2.05, 4.69) is 0 Å². The van der Waals surface area contributed by atoms with Crippen molar-refractivity contribution < 1.29 is 131 Å². The van der Waals surface area contributed by atoms with E-state index in [-0.39, 0.29) is 114 Å². The van der Waals surface area contributed by atoms with Gasteiger partial charge in [-0.2, -0.15) is 55.1 Å². The molecule has 0 saturated carbocycles. The number of amides is 2. The maximum atomic E-state index is 12.9. The van der Waals surface area contributed by atoms with Crippen LogP contribution in [0, 0.1) is 0 Å². The van der Waals surface area contributed by atoms with Gasteiger partial charge in [-0.05, 0) is 134 Å². The second-order valence-corrected chi connectivity index (χ2v) is 30.7. The minimum atomic E-state index is -5.16. The summed E-state index contributed by atoms with van der Waals surface area (Å²) in [7, 11) is -29.6. The Bertz CT molecular complexity index is 4580. The standard InChI is InChI=1S/C55H59N3O22S6.Na/c1-33(27-48-55(4,5)53-42-30-37(84(71,72)73)32-46(86(77,78)79)40(42)16-19-44(53)57(48)24-10-26-82(65,66)67)38(35-13-8-12-34(28-35)11-6-7-14-51(61)80-58-49(59)21-22-50(58)60)17-20-47-54(2,3)52-41-29-36(83(68,69)70)31-45(85(74,75)76)39(41)15-18-43(52)56(47)23-9-25-81(62,63)64;/h8,12-13,15-20,27-32H,6-7,9-11,14,21-26H2,1-5H3,(H5-,62,63,64,65,66,67,68,69,70,71,72,73,74,75,76,77,78,79);/q;+1/p+1. The SMILES string of the molecule is CC(/C=C1\N(CCCS(=O)(=O)O)c2ccc3c(S(=O)(=O)O)cc(S(=O)(=O)O)cc3c2C1(C)C)=C(\C=C\C1=[N+](CCCS(=O)(=O)O)c2ccc3c(S(=O)(=O)O)cc(S(=O)(=O)O)cc3c2C1(C)C)c1cccc(CCCCC(=O)ON2C(=O)CCC2=O)c1.[Na+]. The number of benzene rings is 5. The molecule has 6 N–H and O–H groups in total. The Morgan fingerprint density at radius 2 is 1.17 bits per heavy atom. The number of carbonyl (C=O) groups is 3. The smallest absolute Gasteiger partial charge is 0.344 e. The van der Waals surface area contributed by atoms with Crippen LogP contribution >= 0.6 is 0 Å². The average molecular weight is 1330 g/mol. The van der Waals surface area contributed by atoms with E-state index < -0.39 is 120 Å². The second-order valence-electron chi connectivity index (χ2n) is 22.0. The molecule has 25 nitrogen and oxygen atoms in total. The molecule has 0 bridgehead atoms. The van der Waals surface area contributed by atoms with Gasteiger partial charge in [-0.15, -0.1) is 5.06 Å². The molecule has 3 aliphatic rings. The summed E-state index contributed by atoms with van der Waals surface area (Å²) in [6.45, 7) is 8.27. The van der Waals surface area contributed by atoms with E-state index in [1.54, 1.807) is 74.5 Å². The van der Waals surface area contributed by atoms with Crippen molar-refractivity contribution in [2.75, 3.05) is 29.5 Å². The Kier molecular flexibility index (Phi) is 19.8. The average Bonchev–Trinajstić information content (AvgIpc) is 1.62. The van der Waals surface area contributed by atoms with E-state index in [4.69, 9.17) is 4.84 Å². The second kappa shape index (κ2) is 25.0. The van der Waals surface area contributed by atoms with Gasteiger partial charge in [0.1, 0.15) is 16.3 Å². The number of hydroxylamine groups is 2. The van der Waals surface area contributed by atoms with Crippen molar-refractivity contribution in [3.8, 4) is 0 Å². The van der Waals surface area contributed by atoms with Crippen LogP contribution in [0.2, 0.25) is 0 Å². The van der Waals surface area contributed by atoms with Gasteiger partial charge in [0, 0.05) is 77.5 Å². The molecule has 5 aromatic carbocycles. The molecule has 32 heteroatoms. The molecule has 0 aromatic heterocycles. The van der Waals surface area contributed by atoms with Gasteiger partial charge in [-0.3, -0.25) is 36.9 Å². The van der Waals surface area contributed by atoms with Crippen molar-refractivity contribution >= 4 is 123 Å². The third-order valence-corrected chi connectivity index (χ3v) is 20.3. The number of carbonyl (C=O) groups excluding carboxylic acids is 3. The van der Waals surface area contributed by atoms with Crippen LogP contribution in [-0.4, -0.2) is 136 Å². The number of rotatable bonds is 22. The first-order valence-electron chi connectivity index (χ1n) is 26.3. The number of nitrogens with zero attached hydrogens (tertiary/aromatic N) is 3. The quantitative estimate of drug-likeness (QED) is 0.0143. The fourth-order valence-corrected chi connectivity index (χ4v) is 15.1. The predicted molar refractivity (Wildman–Crippen MR) is 313 cm³/mol. The third-order valence-electron chi connectivity index (χ3n) is 15.2. The Hall–Kier alpha value is -5.62. The summed E-state index contributed by atoms with van der Waals surface area (Å²) in [6.07, 6.45) is 5.46. The molecule has 0 unspecified atom stereocenters. The largest absolute Gasteiger partial charge is 1.00 e. The first kappa shape index (κ1) is 68.9. The molecular formula is C55H60N3NaO22S6+2. The number of hydrogen-bond donors (Lipinski definition) is 6. The van der Waals surface area contributed by atoms with Crippen LogP contribution in [-0.2, 0) is 97.2 Å². The number of imide groups is 1. The Balaban J connectivity index is 0.0000108. The molecule has 3 heterocycles. The van der Waals surface area contributed by atoms with E-state index in [0.717, 1.165) is 17.7 Å². The molecular weight excluding hydrogens is 1270 g/mol. The van der Waals surface area contributed by atoms with Crippen LogP contribution in [0.15, 0.2) is 122 Å². The molecule has 0 radical (unpaired) electrons. The summed E-state index contributed by atoms with van der Waals surface area (Å²) in [5.74, 6) is -3.48. The monoisotopic (exact) mass is 1330 g/mol. The number of anilines is 1. The minimum Gasteiger partial charge on any atom is -0.344 e. The maximum Gasteiger partial charge on any atom is 1.00 e. The van der Waals surface area contributed by atoms with Crippen LogP contribution in [0.1, 0.15) is 102 Å². The van der Waals surface area contributed by atoms with Crippen LogP contribution in [0.4, 0.5) is 11.4 Å². The van der Waals surface area contributed by atoms with Crippen molar-refractivity contribution in [1.82, 2.24) is 5.06 Å². The zero-order valence-electron chi connectivity index (χ0n) is 47.7. The normalized spacial score (nSPS) is 17.2. The van der Waals surface area contributed by atoms with Gasteiger partial charge in [0.25, 0.3) is 72.5 Å². The minimum absolute atomic E-state index is 0. The summed E-state index contributed by atoms with van der Waals surface area (Å²) in [4.78, 5) is 40.0. The molecule has 0 aliphatic carbocycles. The van der Waals surface area contributed by atoms with E-state index in [1.165, 1.54) is 24.3 Å². The Morgan fingerprint density at radius 1 is 0.632 bits per heavy atom. The van der Waals surface area contributed by atoms with Crippen molar-refractivity contribution in [1.29, 1.82) is 0 Å². The van der Waals surface area contributed by atoms with Crippen molar-refractivity contribution in [3.05, 3.63) is 125 Å². The van der Waals surface area contributed by atoms with Gasteiger partial charge < -0.3 is 9.74 Å². The molecule has 0 atom stereocenters. The van der Waals surface area contributed by atoms with Crippen molar-refractivity contribution in [2.45, 2.75) is 116 Å². The molecule has 1 fully saturated rings. The van der Waals surface area contributed by atoms with Crippen LogP contribution in [0.5, 0.6) is 0 Å². The molecule has 2 amide bonds. The van der Waals surface area contributed by atoms with Crippen molar-refractivity contribution in [3.63, 3.8) is 0 Å². The number of unbranched alkanes of at least 4 members (excludes halogenated alkanes) is 1. The fourth-order valence-electron chi connectivity index (χ4n) is 11.5. The summed E-state index contributed by atoms with van der Waals surface area (Å²) < 4.78 is 213. The zero-order valence-corrected chi connectivity index (χ0v) is 54.6. The van der Waals surface area contributed by atoms with Gasteiger partial charge >= 0.3 is 35.5 Å². The van der Waals surface area contributed by atoms with Crippen molar-refractivity contribution in [2.24, 2.45) is 0 Å². The Labute approximate surface area is 525 Å². The topological polar surface area (TPSA) is 396 Å². The summed E-state index contributed by atoms with van der Waals surface area (Å²) >= 11 is 0. The van der Waals surface area contributed by atoms with Gasteiger partial charge in [0.05, 0.1) is 26.7 Å². The van der Waals surface area contributed by atoms with Gasteiger partial charge in [0.2, 0.25) is 5.69 Å². The van der Waals surface area contributed by atoms with E-state index >= 15 is 0 Å². The van der Waals surface area contributed by atoms with E-state index in [1.807, 2.05) is 12.1 Å². The van der Waals surface area contributed by atoms with Gasteiger partial charge in [-0.25, -0.2) is 4.79 Å². The number of hydrogen-bond acceptors (Lipinski definition) is 17. The van der Waals surface area contributed by atoms with Crippen LogP contribution in [0.25, 0.3) is 27.1 Å². The fraction of sp³-hybridized carbons (Fsp3) is 0.345. The molecule has 0 spiro atoms. The van der Waals surface area contributed by atoms with Crippen LogP contribution < -0.4 is 34.5 Å². The van der Waals surface area contributed by atoms with E-state index in [0.29, 0.717) is 69.5 Å². The zero-order chi connectivity index (χ0) is 63.7. The summed E-state index contributed by atoms with van der Waals surface area (Å²) in [5, 5.41) is 0.113. The van der Waals surface area contributed by atoms with Crippen LogP contribution in [0.3, 0.4) is 0 Å². The third kappa shape index (κ3) is 15.0. The van der Waals surface area contributed by atoms with Gasteiger partial charge in [0.15, 0.2) is 5.71 Å². The summed E-state index contributed by atoms with van der Waals surface area (Å²) in [5.41, 5.74) is 1.56. The maximum absolute atomic E-state index is 12.9.